The van der Waals surface area contributed by atoms with Gasteiger partial charge in [0.1, 0.15) is 111 Å². The van der Waals surface area contributed by atoms with Gasteiger partial charge < -0.3 is 31.1 Å². The third-order valence-corrected chi connectivity index (χ3v) is 27.0. The van der Waals surface area contributed by atoms with E-state index in [0.29, 0.717) is 69.6 Å². The first-order valence-electron chi connectivity index (χ1n) is 42.3. The molecule has 0 radical (unpaired) electrons. The number of carbonyl (C=O) groups excluding carboxylic acids is 1. The van der Waals surface area contributed by atoms with Crippen molar-refractivity contribution in [1.82, 2.24) is 68.0 Å². The number of amides is 1. The van der Waals surface area contributed by atoms with Gasteiger partial charge in [0.05, 0.1) is 95.4 Å². The molecule has 4 N–H and O–H groups in total. The van der Waals surface area contributed by atoms with Crippen LogP contribution in [0, 0.1) is 23.3 Å². The van der Waals surface area contributed by atoms with Crippen LogP contribution >= 0.6 is 11.8 Å². The van der Waals surface area contributed by atoms with Gasteiger partial charge in [-0.1, -0.05) is 103 Å². The Labute approximate surface area is 766 Å². The molecule has 1 amide bonds. The van der Waals surface area contributed by atoms with E-state index in [9.17, 15) is 80.9 Å². The van der Waals surface area contributed by atoms with Crippen LogP contribution in [0.1, 0.15) is 175 Å². The lowest BCUT2D eigenvalue weighted by molar-refractivity contribution is 0.0659. The van der Waals surface area contributed by atoms with Crippen LogP contribution in [0.2, 0.25) is 0 Å². The van der Waals surface area contributed by atoms with E-state index in [1.54, 1.807) is 59.1 Å². The van der Waals surface area contributed by atoms with E-state index in [4.69, 9.17) is 0 Å². The van der Waals surface area contributed by atoms with Crippen molar-refractivity contribution >= 4 is 106 Å². The summed E-state index contributed by atoms with van der Waals surface area (Å²) in [6.07, 6.45) is -4.41. The fraction of sp³-hybridized carbons (Fsp3) is 0.309. The maximum atomic E-state index is 15.9. The minimum absolute atomic E-state index is 0.00838. The van der Waals surface area contributed by atoms with E-state index in [0.717, 1.165) is 34.9 Å². The van der Waals surface area contributed by atoms with E-state index in [2.05, 4.69) is 72.0 Å². The number of carbonyl (C=O) groups is 1. The molecule has 41 heteroatoms. The first kappa shape index (κ1) is 97.5. The second-order valence-corrected chi connectivity index (χ2v) is 36.7. The normalized spacial score (nSPS) is 16.9. The largest absolute Gasteiger partial charge is 0.363 e. The summed E-state index contributed by atoms with van der Waals surface area (Å²) in [5.74, 6) is 0.368. The number of pyridine rings is 5. The van der Waals surface area contributed by atoms with Crippen LogP contribution in [0.3, 0.4) is 0 Å². The number of hydrogen-bond acceptors (Lipinski definition) is 21. The highest BCUT2D eigenvalue weighted by molar-refractivity contribution is 8.00. The number of fused-ring (bicyclic) bond motifs is 5. The zero-order valence-electron chi connectivity index (χ0n) is 73.8. The van der Waals surface area contributed by atoms with E-state index in [1.807, 2.05) is 42.3 Å². The number of nitrogens with zero attached hydrogens (tertiary/aromatic N) is 15. The summed E-state index contributed by atoms with van der Waals surface area (Å²) in [6.45, 7) is 7.87. The van der Waals surface area contributed by atoms with Gasteiger partial charge in [-0.3, -0.25) is 51.4 Å². The average Bonchev–Trinajstić information content (AvgIpc) is 1.58. The van der Waals surface area contributed by atoms with Gasteiger partial charge in [-0.15, -0.1) is 0 Å². The Morgan fingerprint density at radius 2 is 0.756 bits per heavy atom. The van der Waals surface area contributed by atoms with Gasteiger partial charge in [0.2, 0.25) is 0 Å². The van der Waals surface area contributed by atoms with Crippen LogP contribution in [-0.4, -0.2) is 122 Å². The molecular weight excluding hydrogens is 1820 g/mol. The van der Waals surface area contributed by atoms with Crippen molar-refractivity contribution in [2.45, 2.75) is 131 Å². The van der Waals surface area contributed by atoms with Crippen LogP contribution in [0.4, 0.5) is 90.4 Å². The van der Waals surface area contributed by atoms with Gasteiger partial charge in [0, 0.05) is 99.1 Å². The van der Waals surface area contributed by atoms with E-state index < -0.39 is 139 Å². The molecule has 135 heavy (non-hydrogen) atoms. The van der Waals surface area contributed by atoms with Gasteiger partial charge >= 0.3 is 0 Å². The highest BCUT2D eigenvalue weighted by Gasteiger charge is 2.42. The summed E-state index contributed by atoms with van der Waals surface area (Å²) in [6, 6.07) is 31.3. The van der Waals surface area contributed by atoms with E-state index >= 15 is 8.78 Å². The molecule has 12 heterocycles. The summed E-state index contributed by atoms with van der Waals surface area (Å²) >= 11 is 1.31. The summed E-state index contributed by atoms with van der Waals surface area (Å²) in [7, 11) is 5.61. The predicted molar refractivity (Wildman–Crippen MR) is 489 cm³/mol. The highest BCUT2D eigenvalue weighted by Crippen LogP contribution is 2.43. The molecule has 4 atom stereocenters. The van der Waals surface area contributed by atoms with Gasteiger partial charge in [0.15, 0.2) is 0 Å². The third-order valence-electron chi connectivity index (χ3n) is 24.1. The lowest BCUT2D eigenvalue weighted by Crippen LogP contribution is -2.41. The molecule has 2 fully saturated rings. The number of anilines is 5. The number of benzene rings is 5. The number of rotatable bonds is 21. The number of hydrogen-bond donors (Lipinski definition) is 4. The van der Waals surface area contributed by atoms with Crippen molar-refractivity contribution in [1.29, 1.82) is 0 Å². The quantitative estimate of drug-likeness (QED) is 0.0384. The smallest absolute Gasteiger partial charge is 0.266 e. The highest BCUT2D eigenvalue weighted by atomic mass is 32.2. The van der Waals surface area contributed by atoms with Crippen molar-refractivity contribution in [2.75, 3.05) is 64.4 Å². The van der Waals surface area contributed by atoms with Crippen molar-refractivity contribution in [3.05, 3.63) is 303 Å². The van der Waals surface area contributed by atoms with Crippen LogP contribution in [0.5, 0.6) is 0 Å². The Morgan fingerprint density at radius 1 is 0.415 bits per heavy atom. The lowest BCUT2D eigenvalue weighted by atomic mass is 9.86. The lowest BCUT2D eigenvalue weighted by Gasteiger charge is -2.34. The number of nitrogens with one attached hydrogen (secondary N) is 4. The van der Waals surface area contributed by atoms with Crippen molar-refractivity contribution in [3.63, 3.8) is 0 Å². The number of aryl methyl sites for hydroxylation is 4. The molecule has 0 unspecified atom stereocenters. The Balaban J connectivity index is 0.000000144. The Bertz CT molecular complexity index is 7230. The molecular formula is C94H89F14N19O6S2. The van der Waals surface area contributed by atoms with Crippen LogP contribution in [0.15, 0.2) is 200 Å². The van der Waals surface area contributed by atoms with Gasteiger partial charge in [-0.25, -0.2) is 101 Å². The number of halogens is 14. The molecule has 5 aromatic carbocycles. The zero-order chi connectivity index (χ0) is 97.1. The molecule has 17 rings (SSSR count). The average molecular weight is 1910 g/mol. The number of likely N-dealkylation sites (tertiary alicyclic amines) is 1. The van der Waals surface area contributed by atoms with Crippen molar-refractivity contribution in [2.24, 2.45) is 28.2 Å². The van der Waals surface area contributed by atoms with Gasteiger partial charge in [-0.2, -0.15) is 0 Å². The molecule has 0 saturated carbocycles. The maximum Gasteiger partial charge on any atom is 0.266 e. The molecule has 3 aliphatic rings. The van der Waals surface area contributed by atoms with E-state index in [-0.39, 0.29) is 116 Å². The molecule has 0 bridgehead atoms. The Kier molecular flexibility index (Phi) is 29.1. The minimum Gasteiger partial charge on any atom is -0.363 e. The molecule has 14 aromatic rings. The van der Waals surface area contributed by atoms with Crippen molar-refractivity contribution < 1.29 is 70.5 Å². The monoisotopic (exact) mass is 1910 g/mol. The fourth-order valence-corrected chi connectivity index (χ4v) is 18.9. The van der Waals surface area contributed by atoms with E-state index in [1.165, 1.54) is 148 Å². The molecule has 0 spiro atoms. The second-order valence-electron chi connectivity index (χ2n) is 32.8. The summed E-state index contributed by atoms with van der Waals surface area (Å²) in [5, 5.41) is 13.7. The minimum atomic E-state index is -2.96. The molecule has 25 nitrogen and oxygen atoms in total. The number of aromatic nitrogens is 13. The summed E-state index contributed by atoms with van der Waals surface area (Å²) < 4.78 is 213. The summed E-state index contributed by atoms with van der Waals surface area (Å²) in [4.78, 5) is 108. The van der Waals surface area contributed by atoms with Crippen LogP contribution in [0.25, 0.3) is 44.1 Å². The second kappa shape index (κ2) is 40.3. The Morgan fingerprint density at radius 3 is 1.13 bits per heavy atom. The number of alkyl halides is 10. The molecule has 2 saturated heterocycles. The standard InChI is InChI=1S/C25H21F3N6O2.C23H25F4N5O.C23H24F4N4O2S.C23H19F3N4OS/c1-13(14-5-3-6-15(20(14)26)21(27)28)32-22-16-11-17(24(35)33(2)23(16)31-12-30-22)25(36)34-10-8-18-19(34)7-4-9-29-18;1-13(14-5-4-6-15(18(14)24)19(25)26)30-20-16-11-17(23(27)7-9-31(2)10-8-23)22(33)32(3)21(16)29-12-28-20;1-13(14-5-4-6-15(18(14)24)19(25)26)30-20-16-11-17(22(32)31(2)21(16)29-12-28-20)23(27)7-9-34(3,33)10-8-23;1-13(15-9-6-10-16(19(15)24)20(25)26)29-21-17-11-18(32-14-7-4-3-5-8-14)23(31)30(2)22(17)28-12-27-21/h3-7,9,11-13,21H,8,10H2,1-2H3,(H,30,31,32);4-6,11-13,19H,7-10H2,1-3H3,(H,28,29,30);4-6,11-13,19H,3,7-10H2,1-2H3,(H,28,29,30);3-13,20H,1-2H3,(H,27,28,29)/t2*13-;13-,23?,34?;13-/m1111/s1. The first-order chi connectivity index (χ1) is 64.2. The summed E-state index contributed by atoms with van der Waals surface area (Å²) in [5.41, 5.74) is -5.67. The molecule has 706 valence electrons. The Hall–Kier alpha value is -13.6. The molecule has 9 aromatic heterocycles. The van der Waals surface area contributed by atoms with Crippen LogP contribution < -0.4 is 48.4 Å². The zero-order valence-corrected chi connectivity index (χ0v) is 75.5. The van der Waals surface area contributed by atoms with Gasteiger partial charge in [0.25, 0.3) is 53.8 Å². The molecule has 0 aliphatic carbocycles. The van der Waals surface area contributed by atoms with Crippen molar-refractivity contribution in [3.8, 4) is 0 Å². The number of piperidine rings is 1. The van der Waals surface area contributed by atoms with Gasteiger partial charge in [-0.05, 0) is 124 Å². The maximum absolute atomic E-state index is 15.9. The SMILES string of the molecule is C=S1(=O)CCC(F)(c2cc3c(N[C@H](C)c4cccc(C(F)F)c4F)ncnc3n(C)c2=O)CC1.C[C@@H](Nc1ncnc2c1cc(C(=O)N1CCc3ncccc31)c(=O)n2C)c1cccc(C(F)F)c1F.C[C@@H](Nc1ncnc2c1cc(C1(F)CCN(C)CC1)c(=O)n2C)c1cccc(C(F)F)c1F.C[C@@H](Nc1ncnc2c1cc(Sc1ccccc1)c(=O)n2C)c1cccc(C(F)F)c1F. The van der Waals surface area contributed by atoms with Crippen LogP contribution in [-0.2, 0) is 55.5 Å². The predicted octanol–water partition coefficient (Wildman–Crippen LogP) is 18.6. The first-order valence-corrected chi connectivity index (χ1v) is 45.2. The third kappa shape index (κ3) is 20.3. The fourth-order valence-electron chi connectivity index (χ4n) is 16.4. The topological polar surface area (TPSA) is 293 Å². The molecule has 3 aliphatic heterocycles.